The van der Waals surface area contributed by atoms with Crippen molar-refractivity contribution in [1.29, 1.82) is 0 Å². The zero-order chi connectivity index (χ0) is 11.6. The lowest BCUT2D eigenvalue weighted by molar-refractivity contribution is 0.0755. The number of ketones is 1. The molecule has 0 N–H and O–H groups in total. The van der Waals surface area contributed by atoms with E-state index < -0.39 is 5.54 Å². The monoisotopic (exact) mass is 241 g/mol. The molecule has 0 fully saturated rings. The van der Waals surface area contributed by atoms with Crippen molar-refractivity contribution in [1.82, 2.24) is 4.90 Å². The van der Waals surface area contributed by atoms with Gasteiger partial charge in [0.1, 0.15) is 0 Å². The Morgan fingerprint density at radius 2 is 1.81 bits per heavy atom. The van der Waals surface area contributed by atoms with Crippen molar-refractivity contribution in [3.8, 4) is 0 Å². The van der Waals surface area contributed by atoms with Crippen molar-refractivity contribution in [3.05, 3.63) is 35.4 Å². The van der Waals surface area contributed by atoms with Crippen LogP contribution < -0.4 is 0 Å². The molecule has 0 aromatic heterocycles. The van der Waals surface area contributed by atoms with Crippen LogP contribution >= 0.6 is 12.4 Å². The molecule has 0 aliphatic heterocycles. The minimum atomic E-state index is -0.451. The smallest absolute Gasteiger partial charge is 0.182 e. The summed E-state index contributed by atoms with van der Waals surface area (Å²) >= 11 is 0. The van der Waals surface area contributed by atoms with E-state index in [1.165, 1.54) is 0 Å². The van der Waals surface area contributed by atoms with Gasteiger partial charge >= 0.3 is 0 Å². The normalized spacial score (nSPS) is 11.1. The minimum absolute atomic E-state index is 0. The van der Waals surface area contributed by atoms with Crippen LogP contribution in [0.1, 0.15) is 29.8 Å². The van der Waals surface area contributed by atoms with Crippen molar-refractivity contribution in [2.24, 2.45) is 0 Å². The van der Waals surface area contributed by atoms with Crippen molar-refractivity contribution in [2.45, 2.75) is 26.3 Å². The Labute approximate surface area is 104 Å². The first-order chi connectivity index (χ1) is 6.85. The predicted octanol–water partition coefficient (Wildman–Crippen LogP) is 2.94. The third-order valence-electron chi connectivity index (χ3n) is 2.95. The third kappa shape index (κ3) is 3.06. The molecule has 1 aromatic rings. The van der Waals surface area contributed by atoms with Crippen LogP contribution in [0, 0.1) is 6.92 Å². The lowest BCUT2D eigenvalue weighted by atomic mass is 9.91. The summed E-state index contributed by atoms with van der Waals surface area (Å²) in [7, 11) is 3.85. The van der Waals surface area contributed by atoms with Gasteiger partial charge in [-0.3, -0.25) is 9.69 Å². The number of hydrogen-bond acceptors (Lipinski definition) is 2. The van der Waals surface area contributed by atoms with E-state index in [-0.39, 0.29) is 18.2 Å². The van der Waals surface area contributed by atoms with Crippen molar-refractivity contribution in [2.75, 3.05) is 14.1 Å². The molecular weight excluding hydrogens is 222 g/mol. The molecule has 0 aliphatic carbocycles. The van der Waals surface area contributed by atoms with Crippen LogP contribution in [0.5, 0.6) is 0 Å². The number of rotatable bonds is 3. The lowest BCUT2D eigenvalue weighted by Gasteiger charge is -2.30. The van der Waals surface area contributed by atoms with Crippen LogP contribution in [-0.4, -0.2) is 30.3 Å². The maximum atomic E-state index is 12.2. The molecule has 0 saturated carbocycles. The van der Waals surface area contributed by atoms with Gasteiger partial charge in [-0.05, 0) is 40.9 Å². The third-order valence-corrected chi connectivity index (χ3v) is 2.95. The Hall–Kier alpha value is -0.860. The van der Waals surface area contributed by atoms with Gasteiger partial charge in [0.05, 0.1) is 5.54 Å². The van der Waals surface area contributed by atoms with Gasteiger partial charge in [-0.2, -0.15) is 0 Å². The second-order valence-electron chi connectivity index (χ2n) is 4.65. The highest BCUT2D eigenvalue weighted by Gasteiger charge is 2.30. The molecule has 0 radical (unpaired) electrons. The molecule has 16 heavy (non-hydrogen) atoms. The Kier molecular flexibility index (Phi) is 5.17. The fraction of sp³-hybridized carbons (Fsp3) is 0.462. The quantitative estimate of drug-likeness (QED) is 0.759. The van der Waals surface area contributed by atoms with Crippen LogP contribution in [-0.2, 0) is 0 Å². The molecule has 0 unspecified atom stereocenters. The van der Waals surface area contributed by atoms with E-state index in [9.17, 15) is 4.79 Å². The van der Waals surface area contributed by atoms with Crippen LogP contribution in [0.3, 0.4) is 0 Å². The van der Waals surface area contributed by atoms with Crippen LogP contribution in [0.25, 0.3) is 0 Å². The van der Waals surface area contributed by atoms with Gasteiger partial charge in [-0.1, -0.05) is 23.8 Å². The Morgan fingerprint density at radius 3 is 2.25 bits per heavy atom. The average molecular weight is 242 g/mol. The van der Waals surface area contributed by atoms with E-state index in [4.69, 9.17) is 0 Å². The van der Waals surface area contributed by atoms with Crippen LogP contribution in [0.4, 0.5) is 0 Å². The van der Waals surface area contributed by atoms with Crippen molar-refractivity contribution >= 4 is 18.2 Å². The number of Topliss-reactive ketones (excluding diaryl/α,β-unsaturated/α-hetero) is 1. The number of likely N-dealkylation sites (N-methyl/N-ethyl adjacent to an activating group) is 1. The van der Waals surface area contributed by atoms with E-state index in [1.807, 2.05) is 64.0 Å². The van der Waals surface area contributed by atoms with E-state index >= 15 is 0 Å². The Balaban J connectivity index is 0.00000225. The standard InChI is InChI=1S/C13H19NO.ClH/c1-10-7-6-8-11(9-10)12(15)13(2,3)14(4)5;/h6-9H,1-5H3;1H. The first kappa shape index (κ1) is 15.1. The molecule has 0 amide bonds. The van der Waals surface area contributed by atoms with Gasteiger partial charge in [-0.25, -0.2) is 0 Å². The van der Waals surface area contributed by atoms with Crippen molar-refractivity contribution < 1.29 is 4.79 Å². The Bertz CT molecular complexity index is 372. The summed E-state index contributed by atoms with van der Waals surface area (Å²) in [5.41, 5.74) is 1.46. The predicted molar refractivity (Wildman–Crippen MR) is 70.5 cm³/mol. The summed E-state index contributed by atoms with van der Waals surface area (Å²) in [6.45, 7) is 5.88. The molecular formula is C13H20ClNO. The Morgan fingerprint density at radius 1 is 1.25 bits per heavy atom. The molecule has 90 valence electrons. The second kappa shape index (κ2) is 5.46. The fourth-order valence-electron chi connectivity index (χ4n) is 1.34. The second-order valence-corrected chi connectivity index (χ2v) is 4.65. The molecule has 2 nitrogen and oxygen atoms in total. The topological polar surface area (TPSA) is 20.3 Å². The van der Waals surface area contributed by atoms with Gasteiger partial charge in [0, 0.05) is 5.56 Å². The molecule has 3 heteroatoms. The maximum Gasteiger partial charge on any atom is 0.182 e. The van der Waals surface area contributed by atoms with Crippen LogP contribution in [0.15, 0.2) is 24.3 Å². The van der Waals surface area contributed by atoms with Crippen molar-refractivity contribution in [3.63, 3.8) is 0 Å². The average Bonchev–Trinajstić information content (AvgIpc) is 2.16. The number of benzene rings is 1. The van der Waals surface area contributed by atoms with E-state index in [0.29, 0.717) is 0 Å². The van der Waals surface area contributed by atoms with Gasteiger partial charge in [0.25, 0.3) is 0 Å². The number of halogens is 1. The van der Waals surface area contributed by atoms with Gasteiger partial charge < -0.3 is 0 Å². The summed E-state index contributed by atoms with van der Waals surface area (Å²) in [6, 6.07) is 7.74. The molecule has 0 aliphatic rings. The number of carbonyl (C=O) groups is 1. The minimum Gasteiger partial charge on any atom is -0.297 e. The highest BCUT2D eigenvalue weighted by Crippen LogP contribution is 2.18. The first-order valence-corrected chi connectivity index (χ1v) is 5.14. The number of carbonyl (C=O) groups excluding carboxylic acids is 1. The molecule has 0 saturated heterocycles. The highest BCUT2D eigenvalue weighted by molar-refractivity contribution is 6.02. The molecule has 0 heterocycles. The molecule has 0 atom stereocenters. The van der Waals surface area contributed by atoms with E-state index in [0.717, 1.165) is 11.1 Å². The molecule has 0 bridgehead atoms. The maximum absolute atomic E-state index is 12.2. The zero-order valence-electron chi connectivity index (χ0n) is 10.6. The molecule has 1 aromatic carbocycles. The van der Waals surface area contributed by atoms with Gasteiger partial charge in [0.2, 0.25) is 0 Å². The summed E-state index contributed by atoms with van der Waals surface area (Å²) in [4.78, 5) is 14.2. The number of nitrogens with zero attached hydrogens (tertiary/aromatic N) is 1. The highest BCUT2D eigenvalue weighted by atomic mass is 35.5. The summed E-state index contributed by atoms with van der Waals surface area (Å²) in [5.74, 6) is 0.163. The van der Waals surface area contributed by atoms with E-state index in [1.54, 1.807) is 0 Å². The largest absolute Gasteiger partial charge is 0.297 e. The van der Waals surface area contributed by atoms with Crippen LogP contribution in [0.2, 0.25) is 0 Å². The molecule has 1 rings (SSSR count). The number of aryl methyl sites for hydroxylation is 1. The summed E-state index contributed by atoms with van der Waals surface area (Å²) < 4.78 is 0. The molecule has 0 spiro atoms. The summed E-state index contributed by atoms with van der Waals surface area (Å²) in [5, 5.41) is 0. The van der Waals surface area contributed by atoms with E-state index in [2.05, 4.69) is 0 Å². The zero-order valence-corrected chi connectivity index (χ0v) is 11.4. The fourth-order valence-corrected chi connectivity index (χ4v) is 1.34. The lowest BCUT2D eigenvalue weighted by Crippen LogP contribution is -2.45. The van der Waals surface area contributed by atoms with Gasteiger partial charge in [-0.15, -0.1) is 12.4 Å². The summed E-state index contributed by atoms with van der Waals surface area (Å²) in [6.07, 6.45) is 0. The van der Waals surface area contributed by atoms with Gasteiger partial charge in [0.15, 0.2) is 5.78 Å². The SMILES string of the molecule is Cc1cccc(C(=O)C(C)(C)N(C)C)c1.Cl. The number of hydrogen-bond donors (Lipinski definition) is 0. The first-order valence-electron chi connectivity index (χ1n) is 5.14.